The number of amides is 1. The van der Waals surface area contributed by atoms with Gasteiger partial charge in [-0.3, -0.25) is 4.79 Å². The first-order valence-corrected chi connectivity index (χ1v) is 5.85. The fourth-order valence-electron chi connectivity index (χ4n) is 2.20. The molecule has 4 heteroatoms. The Morgan fingerprint density at radius 2 is 2.24 bits per heavy atom. The van der Waals surface area contributed by atoms with E-state index in [0.717, 1.165) is 36.4 Å². The van der Waals surface area contributed by atoms with Crippen LogP contribution < -0.4 is 15.4 Å². The standard InChI is InChI=1S/C13H18N2O2/c1-9-8-10(17-2)5-6-12(9)15-7-3-4-11(14)13(15)16/h5-6,8,11H,3-4,7,14H2,1-2H3. The van der Waals surface area contributed by atoms with Gasteiger partial charge in [-0.15, -0.1) is 0 Å². The lowest BCUT2D eigenvalue weighted by atomic mass is 10.0. The maximum Gasteiger partial charge on any atom is 0.243 e. The first-order valence-electron chi connectivity index (χ1n) is 5.85. The van der Waals surface area contributed by atoms with Gasteiger partial charge in [0, 0.05) is 12.2 Å². The maximum absolute atomic E-state index is 12.0. The second kappa shape index (κ2) is 4.75. The van der Waals surface area contributed by atoms with E-state index >= 15 is 0 Å². The van der Waals surface area contributed by atoms with Gasteiger partial charge < -0.3 is 15.4 Å². The molecular formula is C13H18N2O2. The van der Waals surface area contributed by atoms with Gasteiger partial charge >= 0.3 is 0 Å². The summed E-state index contributed by atoms with van der Waals surface area (Å²) in [5.74, 6) is 0.824. The minimum atomic E-state index is -0.356. The van der Waals surface area contributed by atoms with Crippen LogP contribution in [-0.4, -0.2) is 25.6 Å². The zero-order valence-electron chi connectivity index (χ0n) is 10.3. The first-order chi connectivity index (χ1) is 8.13. The predicted molar refractivity (Wildman–Crippen MR) is 67.3 cm³/mol. The van der Waals surface area contributed by atoms with Crippen LogP contribution in [0.3, 0.4) is 0 Å². The molecule has 2 N–H and O–H groups in total. The van der Waals surface area contributed by atoms with E-state index in [-0.39, 0.29) is 11.9 Å². The zero-order valence-corrected chi connectivity index (χ0v) is 10.3. The van der Waals surface area contributed by atoms with Crippen molar-refractivity contribution < 1.29 is 9.53 Å². The van der Waals surface area contributed by atoms with Gasteiger partial charge in [0.1, 0.15) is 5.75 Å². The molecule has 1 amide bonds. The number of methoxy groups -OCH3 is 1. The number of carbonyl (C=O) groups is 1. The second-order valence-corrected chi connectivity index (χ2v) is 4.39. The third kappa shape index (κ3) is 2.26. The van der Waals surface area contributed by atoms with Crippen LogP contribution in [-0.2, 0) is 4.79 Å². The monoisotopic (exact) mass is 234 g/mol. The number of benzene rings is 1. The summed E-state index contributed by atoms with van der Waals surface area (Å²) in [6, 6.07) is 5.37. The number of hydrogen-bond acceptors (Lipinski definition) is 3. The highest BCUT2D eigenvalue weighted by Gasteiger charge is 2.27. The summed E-state index contributed by atoms with van der Waals surface area (Å²) in [4.78, 5) is 13.8. The number of nitrogens with zero attached hydrogens (tertiary/aromatic N) is 1. The van der Waals surface area contributed by atoms with Gasteiger partial charge in [0.2, 0.25) is 5.91 Å². The number of hydrogen-bond donors (Lipinski definition) is 1. The van der Waals surface area contributed by atoms with E-state index in [1.54, 1.807) is 12.0 Å². The molecule has 92 valence electrons. The number of nitrogens with two attached hydrogens (primary N) is 1. The lowest BCUT2D eigenvalue weighted by molar-refractivity contribution is -0.120. The summed E-state index contributed by atoms with van der Waals surface area (Å²) in [6.45, 7) is 2.73. The topological polar surface area (TPSA) is 55.6 Å². The minimum Gasteiger partial charge on any atom is -0.497 e. The summed E-state index contributed by atoms with van der Waals surface area (Å²) < 4.78 is 5.16. The Bertz CT molecular complexity index is 431. The summed E-state index contributed by atoms with van der Waals surface area (Å²) in [5, 5.41) is 0. The smallest absolute Gasteiger partial charge is 0.243 e. The molecule has 1 aliphatic rings. The number of piperidine rings is 1. The van der Waals surface area contributed by atoms with Crippen molar-refractivity contribution in [1.29, 1.82) is 0 Å². The van der Waals surface area contributed by atoms with Crippen LogP contribution >= 0.6 is 0 Å². The molecule has 2 rings (SSSR count). The molecule has 1 aromatic carbocycles. The highest BCUT2D eigenvalue weighted by atomic mass is 16.5. The third-order valence-corrected chi connectivity index (χ3v) is 3.17. The van der Waals surface area contributed by atoms with Gasteiger partial charge in [-0.25, -0.2) is 0 Å². The second-order valence-electron chi connectivity index (χ2n) is 4.39. The molecule has 1 heterocycles. The molecule has 1 atom stereocenters. The van der Waals surface area contributed by atoms with E-state index in [9.17, 15) is 4.79 Å². The van der Waals surface area contributed by atoms with Crippen molar-refractivity contribution in [2.24, 2.45) is 5.73 Å². The Hall–Kier alpha value is -1.55. The number of ether oxygens (including phenoxy) is 1. The van der Waals surface area contributed by atoms with Crippen LogP contribution in [0.5, 0.6) is 5.75 Å². The Morgan fingerprint density at radius 1 is 1.47 bits per heavy atom. The molecule has 1 aliphatic heterocycles. The van der Waals surface area contributed by atoms with Gasteiger partial charge in [-0.05, 0) is 43.5 Å². The van der Waals surface area contributed by atoms with Crippen molar-refractivity contribution in [2.75, 3.05) is 18.6 Å². The van der Waals surface area contributed by atoms with Gasteiger partial charge in [0.15, 0.2) is 0 Å². The van der Waals surface area contributed by atoms with Crippen LogP contribution in [0.25, 0.3) is 0 Å². The molecule has 1 saturated heterocycles. The largest absolute Gasteiger partial charge is 0.497 e. The van der Waals surface area contributed by atoms with Gasteiger partial charge in [0.05, 0.1) is 13.2 Å². The minimum absolute atomic E-state index is 0.0181. The van der Waals surface area contributed by atoms with Crippen molar-refractivity contribution >= 4 is 11.6 Å². The highest BCUT2D eigenvalue weighted by molar-refractivity contribution is 5.98. The maximum atomic E-state index is 12.0. The quantitative estimate of drug-likeness (QED) is 0.842. The Balaban J connectivity index is 2.30. The number of aryl methyl sites for hydroxylation is 1. The van der Waals surface area contributed by atoms with E-state index in [0.29, 0.717) is 0 Å². The molecule has 0 saturated carbocycles. The van der Waals surface area contributed by atoms with Gasteiger partial charge in [-0.1, -0.05) is 0 Å². The van der Waals surface area contributed by atoms with Crippen LogP contribution in [0.1, 0.15) is 18.4 Å². The third-order valence-electron chi connectivity index (χ3n) is 3.17. The van der Waals surface area contributed by atoms with Gasteiger partial charge in [-0.2, -0.15) is 0 Å². The Morgan fingerprint density at radius 3 is 2.88 bits per heavy atom. The fourth-order valence-corrected chi connectivity index (χ4v) is 2.20. The Kier molecular flexibility index (Phi) is 3.33. The van der Waals surface area contributed by atoms with E-state index in [1.165, 1.54) is 0 Å². The molecule has 0 aromatic heterocycles. The molecule has 0 aliphatic carbocycles. The van der Waals surface area contributed by atoms with Crippen LogP contribution in [0.4, 0.5) is 5.69 Å². The normalized spacial score (nSPS) is 20.5. The molecule has 0 spiro atoms. The zero-order chi connectivity index (χ0) is 12.4. The first kappa shape index (κ1) is 11.9. The van der Waals surface area contributed by atoms with Crippen LogP contribution in [0.15, 0.2) is 18.2 Å². The molecular weight excluding hydrogens is 216 g/mol. The lowest BCUT2D eigenvalue weighted by Crippen LogP contribution is -2.48. The molecule has 17 heavy (non-hydrogen) atoms. The van der Waals surface area contributed by atoms with E-state index in [1.807, 2.05) is 25.1 Å². The highest BCUT2D eigenvalue weighted by Crippen LogP contribution is 2.27. The molecule has 1 unspecified atom stereocenters. The van der Waals surface area contributed by atoms with Crippen molar-refractivity contribution in [1.82, 2.24) is 0 Å². The average molecular weight is 234 g/mol. The van der Waals surface area contributed by atoms with Crippen molar-refractivity contribution in [2.45, 2.75) is 25.8 Å². The lowest BCUT2D eigenvalue weighted by Gasteiger charge is -2.31. The van der Waals surface area contributed by atoms with Crippen LogP contribution in [0, 0.1) is 6.92 Å². The van der Waals surface area contributed by atoms with Crippen LogP contribution in [0.2, 0.25) is 0 Å². The number of anilines is 1. The molecule has 0 bridgehead atoms. The van der Waals surface area contributed by atoms with E-state index < -0.39 is 0 Å². The number of rotatable bonds is 2. The molecule has 0 radical (unpaired) electrons. The van der Waals surface area contributed by atoms with Gasteiger partial charge in [0.25, 0.3) is 0 Å². The summed E-state index contributed by atoms with van der Waals surface area (Å²) in [6.07, 6.45) is 1.74. The summed E-state index contributed by atoms with van der Waals surface area (Å²) >= 11 is 0. The predicted octanol–water partition coefficient (Wildman–Crippen LogP) is 1.46. The van der Waals surface area contributed by atoms with E-state index in [4.69, 9.17) is 10.5 Å². The molecule has 1 aromatic rings. The Labute approximate surface area is 101 Å². The fraction of sp³-hybridized carbons (Fsp3) is 0.462. The average Bonchev–Trinajstić information content (AvgIpc) is 2.33. The molecule has 1 fully saturated rings. The van der Waals surface area contributed by atoms with Crippen molar-refractivity contribution in [3.8, 4) is 5.75 Å². The molecule has 4 nitrogen and oxygen atoms in total. The summed E-state index contributed by atoms with van der Waals surface area (Å²) in [7, 11) is 1.64. The van der Waals surface area contributed by atoms with Crippen molar-refractivity contribution in [3.05, 3.63) is 23.8 Å². The SMILES string of the molecule is COc1ccc(N2CCCC(N)C2=O)c(C)c1. The number of carbonyl (C=O) groups excluding carboxylic acids is 1. The van der Waals surface area contributed by atoms with Crippen molar-refractivity contribution in [3.63, 3.8) is 0 Å². The van der Waals surface area contributed by atoms with E-state index in [2.05, 4.69) is 0 Å². The summed E-state index contributed by atoms with van der Waals surface area (Å²) in [5.41, 5.74) is 7.77.